The number of carbonyl (C=O) groups is 1. The number of hydrogen-bond donors (Lipinski definition) is 3. The van der Waals surface area contributed by atoms with E-state index in [1.165, 1.54) is 32.1 Å². The van der Waals surface area contributed by atoms with Crippen LogP contribution in [0.3, 0.4) is 0 Å². The number of rotatable bonds is 4. The summed E-state index contributed by atoms with van der Waals surface area (Å²) in [5, 5.41) is 13.0. The molecule has 2 heterocycles. The molecule has 7 heteroatoms. The van der Waals surface area contributed by atoms with E-state index in [2.05, 4.69) is 25.8 Å². The fourth-order valence-corrected chi connectivity index (χ4v) is 3.29. The molecule has 0 atom stereocenters. The van der Waals surface area contributed by atoms with Gasteiger partial charge in [0.2, 0.25) is 0 Å². The number of aromatic amines is 1. The minimum Gasteiger partial charge on any atom is -0.307 e. The van der Waals surface area contributed by atoms with Crippen molar-refractivity contribution >= 4 is 29.1 Å². The molecular weight excluding hydrogens is 326 g/mol. The van der Waals surface area contributed by atoms with Crippen molar-refractivity contribution in [2.75, 3.05) is 10.6 Å². The van der Waals surface area contributed by atoms with Gasteiger partial charge in [-0.25, -0.2) is 9.78 Å². The van der Waals surface area contributed by atoms with Gasteiger partial charge >= 0.3 is 6.03 Å². The van der Waals surface area contributed by atoms with Crippen molar-refractivity contribution < 1.29 is 4.79 Å². The van der Waals surface area contributed by atoms with Crippen LogP contribution in [0.25, 0.3) is 0 Å². The monoisotopic (exact) mass is 347 g/mol. The summed E-state index contributed by atoms with van der Waals surface area (Å²) in [4.78, 5) is 16.1. The minimum absolute atomic E-state index is 0.338. The number of aryl methyl sites for hydroxylation is 1. The third kappa shape index (κ3) is 4.47. The van der Waals surface area contributed by atoms with Gasteiger partial charge in [0.15, 0.2) is 5.82 Å². The van der Waals surface area contributed by atoms with E-state index in [-0.39, 0.29) is 6.03 Å². The Labute approximate surface area is 146 Å². The maximum Gasteiger partial charge on any atom is 0.324 e. The number of carbonyl (C=O) groups excluding carboxylic acids is 1. The van der Waals surface area contributed by atoms with E-state index >= 15 is 0 Å². The van der Waals surface area contributed by atoms with Gasteiger partial charge in [-0.15, -0.1) is 0 Å². The molecule has 0 aliphatic heterocycles. The van der Waals surface area contributed by atoms with Gasteiger partial charge < -0.3 is 5.32 Å². The molecule has 24 heavy (non-hydrogen) atoms. The number of hydrogen-bond acceptors (Lipinski definition) is 3. The highest BCUT2D eigenvalue weighted by Crippen LogP contribution is 2.26. The fourth-order valence-electron chi connectivity index (χ4n) is 3.14. The lowest BCUT2D eigenvalue weighted by Gasteiger charge is -2.20. The Bertz CT molecular complexity index is 709. The summed E-state index contributed by atoms with van der Waals surface area (Å²) < 4.78 is 0. The van der Waals surface area contributed by atoms with Gasteiger partial charge in [-0.05, 0) is 30.9 Å². The molecule has 1 aliphatic rings. The normalized spacial score (nSPS) is 15.2. The second kappa shape index (κ2) is 7.66. The first-order valence-corrected chi connectivity index (χ1v) is 8.72. The van der Waals surface area contributed by atoms with E-state index in [1.807, 2.05) is 13.0 Å². The SMILES string of the molecule is Cc1cnc(Cl)cc1NC(=O)Nc1cc(CC2CCCCC2)[nH]n1. The molecule has 128 valence electrons. The molecule has 1 aliphatic carbocycles. The Morgan fingerprint density at radius 3 is 2.88 bits per heavy atom. The molecule has 3 rings (SSSR count). The maximum absolute atomic E-state index is 12.1. The third-order valence-corrected chi connectivity index (χ3v) is 4.63. The van der Waals surface area contributed by atoms with Gasteiger partial charge in [0.05, 0.1) is 0 Å². The Balaban J connectivity index is 1.55. The van der Waals surface area contributed by atoms with E-state index in [0.29, 0.717) is 16.7 Å². The van der Waals surface area contributed by atoms with E-state index in [4.69, 9.17) is 11.6 Å². The van der Waals surface area contributed by atoms with Crippen LogP contribution in [0.1, 0.15) is 43.4 Å². The number of halogens is 1. The van der Waals surface area contributed by atoms with Crippen molar-refractivity contribution in [3.63, 3.8) is 0 Å². The quantitative estimate of drug-likeness (QED) is 0.710. The predicted octanol–water partition coefficient (Wildman–Crippen LogP) is 4.53. The van der Waals surface area contributed by atoms with Crippen LogP contribution >= 0.6 is 11.6 Å². The lowest BCUT2D eigenvalue weighted by molar-refractivity contribution is 0.262. The first-order valence-electron chi connectivity index (χ1n) is 8.34. The number of H-pyrrole nitrogens is 1. The zero-order valence-corrected chi connectivity index (χ0v) is 14.5. The van der Waals surface area contributed by atoms with Crippen LogP contribution in [0.15, 0.2) is 18.3 Å². The van der Waals surface area contributed by atoms with Crippen molar-refractivity contribution in [1.29, 1.82) is 0 Å². The first-order chi connectivity index (χ1) is 11.6. The molecular formula is C17H22ClN5O. The lowest BCUT2D eigenvalue weighted by atomic mass is 9.86. The van der Waals surface area contributed by atoms with Gasteiger partial charge in [-0.3, -0.25) is 10.4 Å². The number of urea groups is 1. The Morgan fingerprint density at radius 1 is 1.29 bits per heavy atom. The maximum atomic E-state index is 12.1. The summed E-state index contributed by atoms with van der Waals surface area (Å²) in [5.41, 5.74) is 2.54. The Morgan fingerprint density at radius 2 is 2.08 bits per heavy atom. The lowest BCUT2D eigenvalue weighted by Crippen LogP contribution is -2.20. The Kier molecular flexibility index (Phi) is 5.35. The standard InChI is InChI=1S/C17H22ClN5O/c1-11-10-19-15(18)9-14(11)20-17(24)21-16-8-13(22-23-16)7-12-5-3-2-4-6-12/h8-10,12H,2-7H2,1H3,(H3,19,20,21,22,23,24). The molecule has 2 aromatic rings. The van der Waals surface area contributed by atoms with E-state index in [0.717, 1.165) is 23.6 Å². The van der Waals surface area contributed by atoms with Crippen LogP contribution in [-0.4, -0.2) is 21.2 Å². The Hall–Kier alpha value is -2.08. The third-order valence-electron chi connectivity index (χ3n) is 4.42. The summed E-state index contributed by atoms with van der Waals surface area (Å²) in [7, 11) is 0. The molecule has 2 aromatic heterocycles. The number of pyridine rings is 1. The van der Waals surface area contributed by atoms with Crippen molar-refractivity contribution in [1.82, 2.24) is 15.2 Å². The molecule has 0 spiro atoms. The van der Waals surface area contributed by atoms with E-state index in [1.54, 1.807) is 12.3 Å². The first kappa shape index (κ1) is 16.8. The van der Waals surface area contributed by atoms with Crippen LogP contribution in [-0.2, 0) is 6.42 Å². The average molecular weight is 348 g/mol. The highest BCUT2D eigenvalue weighted by molar-refractivity contribution is 6.29. The second-order valence-electron chi connectivity index (χ2n) is 6.39. The zero-order chi connectivity index (χ0) is 16.9. The molecule has 0 unspecified atom stereocenters. The summed E-state index contributed by atoms with van der Waals surface area (Å²) in [5.74, 6) is 1.25. The van der Waals surface area contributed by atoms with E-state index in [9.17, 15) is 4.79 Å². The zero-order valence-electron chi connectivity index (χ0n) is 13.7. The van der Waals surface area contributed by atoms with E-state index < -0.39 is 0 Å². The van der Waals surface area contributed by atoms with Gasteiger partial charge in [-0.1, -0.05) is 43.7 Å². The summed E-state index contributed by atoms with van der Waals surface area (Å²) in [6.07, 6.45) is 9.17. The molecule has 0 bridgehead atoms. The predicted molar refractivity (Wildman–Crippen MR) is 95.5 cm³/mol. The number of nitrogens with zero attached hydrogens (tertiary/aromatic N) is 2. The molecule has 1 fully saturated rings. The highest BCUT2D eigenvalue weighted by atomic mass is 35.5. The van der Waals surface area contributed by atoms with Crippen LogP contribution in [0.4, 0.5) is 16.3 Å². The minimum atomic E-state index is -0.351. The fraction of sp³-hybridized carbons (Fsp3) is 0.471. The topological polar surface area (TPSA) is 82.7 Å². The van der Waals surface area contributed by atoms with Crippen molar-refractivity contribution in [3.05, 3.63) is 34.7 Å². The summed E-state index contributed by atoms with van der Waals surface area (Å²) in [6.45, 7) is 1.86. The highest BCUT2D eigenvalue weighted by Gasteiger charge is 2.15. The van der Waals surface area contributed by atoms with Gasteiger partial charge in [0, 0.05) is 23.6 Å². The smallest absolute Gasteiger partial charge is 0.307 e. The number of nitrogens with one attached hydrogen (secondary N) is 3. The molecule has 2 amide bonds. The van der Waals surface area contributed by atoms with Crippen LogP contribution < -0.4 is 10.6 Å². The molecule has 6 nitrogen and oxygen atoms in total. The van der Waals surface area contributed by atoms with Crippen molar-refractivity contribution in [2.45, 2.75) is 45.4 Å². The van der Waals surface area contributed by atoms with Gasteiger partial charge in [0.25, 0.3) is 0 Å². The van der Waals surface area contributed by atoms with Gasteiger partial charge in [-0.2, -0.15) is 5.10 Å². The van der Waals surface area contributed by atoms with Gasteiger partial charge in [0.1, 0.15) is 5.15 Å². The van der Waals surface area contributed by atoms with Crippen LogP contribution in [0.5, 0.6) is 0 Å². The summed E-state index contributed by atoms with van der Waals surface area (Å²) in [6, 6.07) is 3.17. The van der Waals surface area contributed by atoms with Crippen molar-refractivity contribution in [2.24, 2.45) is 5.92 Å². The molecule has 3 N–H and O–H groups in total. The van der Waals surface area contributed by atoms with Crippen molar-refractivity contribution in [3.8, 4) is 0 Å². The largest absolute Gasteiger partial charge is 0.324 e. The van der Waals surface area contributed by atoms with Crippen LogP contribution in [0.2, 0.25) is 5.15 Å². The molecule has 0 radical (unpaired) electrons. The average Bonchev–Trinajstić information content (AvgIpc) is 2.98. The molecule has 0 saturated heterocycles. The molecule has 0 aromatic carbocycles. The summed E-state index contributed by atoms with van der Waals surface area (Å²) >= 11 is 5.86. The number of aromatic nitrogens is 3. The second-order valence-corrected chi connectivity index (χ2v) is 6.77. The van der Waals surface area contributed by atoms with Crippen LogP contribution in [0, 0.1) is 12.8 Å². The number of anilines is 2. The molecule has 1 saturated carbocycles. The number of amides is 2.